The summed E-state index contributed by atoms with van der Waals surface area (Å²) in [5.74, 6) is -0.474. The standard InChI is InChI=1S/C17H18N4O3/c22-16(21-5-3-17(4-6-21)23-7-8-24-17)13-1-2-15(20-11-13)14-9-18-12-19-10-14/h1-2,9-12H,3-8H2. The Morgan fingerprint density at radius 2 is 1.75 bits per heavy atom. The van der Waals surface area contributed by atoms with Crippen LogP contribution in [0.4, 0.5) is 0 Å². The molecule has 2 aromatic rings. The van der Waals surface area contributed by atoms with Crippen molar-refractivity contribution in [2.24, 2.45) is 0 Å². The van der Waals surface area contributed by atoms with Gasteiger partial charge in [0.2, 0.25) is 0 Å². The van der Waals surface area contributed by atoms with E-state index >= 15 is 0 Å². The Morgan fingerprint density at radius 1 is 1.04 bits per heavy atom. The molecule has 0 aromatic carbocycles. The largest absolute Gasteiger partial charge is 0.347 e. The topological polar surface area (TPSA) is 77.4 Å². The molecule has 0 radical (unpaired) electrons. The smallest absolute Gasteiger partial charge is 0.255 e. The van der Waals surface area contributed by atoms with Crippen LogP contribution in [-0.2, 0) is 9.47 Å². The number of hydrogen-bond donors (Lipinski definition) is 0. The highest BCUT2D eigenvalue weighted by molar-refractivity contribution is 5.94. The van der Waals surface area contributed by atoms with Crippen LogP contribution in [0.3, 0.4) is 0 Å². The molecule has 2 aliphatic heterocycles. The third-order valence-electron chi connectivity index (χ3n) is 4.49. The summed E-state index contributed by atoms with van der Waals surface area (Å²) in [6.45, 7) is 2.55. The first kappa shape index (κ1) is 15.2. The summed E-state index contributed by atoms with van der Waals surface area (Å²) in [4.78, 5) is 26.8. The highest BCUT2D eigenvalue weighted by atomic mass is 16.7. The molecule has 24 heavy (non-hydrogen) atoms. The maximum atomic E-state index is 12.6. The summed E-state index contributed by atoms with van der Waals surface area (Å²) in [6, 6.07) is 3.62. The van der Waals surface area contributed by atoms with E-state index in [1.54, 1.807) is 24.7 Å². The third-order valence-corrected chi connectivity index (χ3v) is 4.49. The van der Waals surface area contributed by atoms with Crippen LogP contribution in [-0.4, -0.2) is 57.8 Å². The van der Waals surface area contributed by atoms with Crippen molar-refractivity contribution in [2.45, 2.75) is 18.6 Å². The number of carbonyl (C=O) groups excluding carboxylic acids is 1. The molecule has 0 saturated carbocycles. The van der Waals surface area contributed by atoms with Crippen LogP contribution in [0, 0.1) is 0 Å². The number of nitrogens with zero attached hydrogens (tertiary/aromatic N) is 4. The molecule has 2 fully saturated rings. The number of piperidine rings is 1. The number of amides is 1. The van der Waals surface area contributed by atoms with Crippen LogP contribution in [0.2, 0.25) is 0 Å². The van der Waals surface area contributed by atoms with E-state index in [1.165, 1.54) is 6.33 Å². The molecule has 2 aliphatic rings. The van der Waals surface area contributed by atoms with Crippen LogP contribution in [0.15, 0.2) is 37.1 Å². The van der Waals surface area contributed by atoms with Crippen LogP contribution in [0.25, 0.3) is 11.3 Å². The van der Waals surface area contributed by atoms with Crippen LogP contribution in [0.1, 0.15) is 23.2 Å². The predicted molar refractivity (Wildman–Crippen MR) is 85.0 cm³/mol. The van der Waals surface area contributed by atoms with Gasteiger partial charge in [-0.15, -0.1) is 0 Å². The summed E-state index contributed by atoms with van der Waals surface area (Å²) in [5.41, 5.74) is 2.16. The fourth-order valence-corrected chi connectivity index (χ4v) is 3.14. The van der Waals surface area contributed by atoms with Crippen molar-refractivity contribution in [3.8, 4) is 11.3 Å². The van der Waals surface area contributed by atoms with Gasteiger partial charge in [-0.25, -0.2) is 9.97 Å². The van der Waals surface area contributed by atoms with Gasteiger partial charge in [0.05, 0.1) is 24.5 Å². The summed E-state index contributed by atoms with van der Waals surface area (Å²) in [6.07, 6.45) is 7.90. The van der Waals surface area contributed by atoms with E-state index in [9.17, 15) is 4.79 Å². The number of ether oxygens (including phenoxy) is 2. The number of rotatable bonds is 2. The lowest BCUT2D eigenvalue weighted by atomic mass is 10.0. The molecule has 0 unspecified atom stereocenters. The fourth-order valence-electron chi connectivity index (χ4n) is 3.14. The van der Waals surface area contributed by atoms with Gasteiger partial charge in [-0.3, -0.25) is 9.78 Å². The van der Waals surface area contributed by atoms with Gasteiger partial charge in [0, 0.05) is 50.1 Å². The van der Waals surface area contributed by atoms with Crippen molar-refractivity contribution in [1.82, 2.24) is 19.9 Å². The Balaban J connectivity index is 1.43. The van der Waals surface area contributed by atoms with Crippen molar-refractivity contribution >= 4 is 5.91 Å². The molecule has 1 spiro atoms. The monoisotopic (exact) mass is 326 g/mol. The van der Waals surface area contributed by atoms with Gasteiger partial charge >= 0.3 is 0 Å². The third kappa shape index (κ3) is 2.88. The van der Waals surface area contributed by atoms with Crippen molar-refractivity contribution < 1.29 is 14.3 Å². The highest BCUT2D eigenvalue weighted by Gasteiger charge is 2.40. The van der Waals surface area contributed by atoms with Gasteiger partial charge in [-0.1, -0.05) is 0 Å². The predicted octanol–water partition coefficient (Wildman–Crippen LogP) is 1.52. The Hall–Kier alpha value is -2.38. The van der Waals surface area contributed by atoms with Crippen molar-refractivity contribution in [1.29, 1.82) is 0 Å². The summed E-state index contributed by atoms with van der Waals surface area (Å²) < 4.78 is 11.4. The number of likely N-dealkylation sites (tertiary alicyclic amines) is 1. The van der Waals surface area contributed by atoms with Crippen molar-refractivity contribution in [2.75, 3.05) is 26.3 Å². The molecule has 1 amide bonds. The van der Waals surface area contributed by atoms with Crippen LogP contribution < -0.4 is 0 Å². The zero-order valence-electron chi connectivity index (χ0n) is 13.2. The average Bonchev–Trinajstić information content (AvgIpc) is 3.11. The molecule has 2 saturated heterocycles. The molecule has 0 N–H and O–H groups in total. The average molecular weight is 326 g/mol. The lowest BCUT2D eigenvalue weighted by molar-refractivity contribution is -0.181. The Kier molecular flexibility index (Phi) is 3.95. The molecule has 0 atom stereocenters. The maximum absolute atomic E-state index is 12.6. The molecular formula is C17H18N4O3. The van der Waals surface area contributed by atoms with Gasteiger partial charge in [0.25, 0.3) is 5.91 Å². The minimum absolute atomic E-state index is 0.00814. The first-order chi connectivity index (χ1) is 11.8. The maximum Gasteiger partial charge on any atom is 0.255 e. The Bertz CT molecular complexity index is 704. The van der Waals surface area contributed by atoms with Crippen molar-refractivity contribution in [3.63, 3.8) is 0 Å². The zero-order chi connectivity index (χ0) is 16.4. The summed E-state index contributed by atoms with van der Waals surface area (Å²) in [5, 5.41) is 0. The fraction of sp³-hybridized carbons (Fsp3) is 0.412. The van der Waals surface area contributed by atoms with E-state index in [-0.39, 0.29) is 5.91 Å². The molecule has 124 valence electrons. The lowest BCUT2D eigenvalue weighted by Gasteiger charge is -2.37. The first-order valence-corrected chi connectivity index (χ1v) is 8.04. The normalized spacial score (nSPS) is 19.6. The highest BCUT2D eigenvalue weighted by Crippen LogP contribution is 2.31. The van der Waals surface area contributed by atoms with E-state index in [2.05, 4.69) is 15.0 Å². The second kappa shape index (κ2) is 6.26. The lowest BCUT2D eigenvalue weighted by Crippen LogP contribution is -2.47. The second-order valence-electron chi connectivity index (χ2n) is 5.96. The van der Waals surface area contributed by atoms with Gasteiger partial charge in [0.15, 0.2) is 5.79 Å². The zero-order valence-corrected chi connectivity index (χ0v) is 13.2. The summed E-state index contributed by atoms with van der Waals surface area (Å²) >= 11 is 0. The number of carbonyl (C=O) groups is 1. The molecule has 7 heteroatoms. The van der Waals surface area contributed by atoms with E-state index < -0.39 is 5.79 Å². The number of pyridine rings is 1. The van der Waals surface area contributed by atoms with Crippen molar-refractivity contribution in [3.05, 3.63) is 42.6 Å². The number of hydrogen-bond acceptors (Lipinski definition) is 6. The van der Waals surface area contributed by atoms with Gasteiger partial charge in [0.1, 0.15) is 6.33 Å². The Morgan fingerprint density at radius 3 is 2.38 bits per heavy atom. The molecule has 2 aromatic heterocycles. The minimum Gasteiger partial charge on any atom is -0.347 e. The molecule has 0 aliphatic carbocycles. The first-order valence-electron chi connectivity index (χ1n) is 8.04. The molecular weight excluding hydrogens is 308 g/mol. The van der Waals surface area contributed by atoms with E-state index in [4.69, 9.17) is 9.47 Å². The molecule has 7 nitrogen and oxygen atoms in total. The Labute approximate surface area is 139 Å². The van der Waals surface area contributed by atoms with E-state index in [1.807, 2.05) is 11.0 Å². The molecule has 4 heterocycles. The van der Waals surface area contributed by atoms with Gasteiger partial charge < -0.3 is 14.4 Å². The molecule has 4 rings (SSSR count). The molecule has 0 bridgehead atoms. The van der Waals surface area contributed by atoms with Crippen LogP contribution >= 0.6 is 0 Å². The van der Waals surface area contributed by atoms with Crippen LogP contribution in [0.5, 0.6) is 0 Å². The minimum atomic E-state index is -0.466. The van der Waals surface area contributed by atoms with Gasteiger partial charge in [-0.05, 0) is 12.1 Å². The second-order valence-corrected chi connectivity index (χ2v) is 5.96. The SMILES string of the molecule is O=C(c1ccc(-c2cncnc2)nc1)N1CCC2(CC1)OCCO2. The van der Waals surface area contributed by atoms with Gasteiger partial charge in [-0.2, -0.15) is 0 Å². The summed E-state index contributed by atoms with van der Waals surface area (Å²) in [7, 11) is 0. The van der Waals surface area contributed by atoms with E-state index in [0.29, 0.717) is 44.7 Å². The number of aromatic nitrogens is 3. The van der Waals surface area contributed by atoms with E-state index in [0.717, 1.165) is 11.3 Å². The quantitative estimate of drug-likeness (QED) is 0.833.